The van der Waals surface area contributed by atoms with E-state index in [1.807, 2.05) is 24.3 Å². The fourth-order valence-electron chi connectivity index (χ4n) is 4.72. The molecule has 1 aliphatic carbocycles. The van der Waals surface area contributed by atoms with Gasteiger partial charge in [0.2, 0.25) is 5.91 Å². The van der Waals surface area contributed by atoms with Gasteiger partial charge in [0, 0.05) is 18.5 Å². The number of rotatable bonds is 7. The predicted octanol–water partition coefficient (Wildman–Crippen LogP) is 4.96. The van der Waals surface area contributed by atoms with Crippen LogP contribution in [0.15, 0.2) is 42.5 Å². The van der Waals surface area contributed by atoms with E-state index in [9.17, 15) is 9.18 Å². The van der Waals surface area contributed by atoms with Crippen molar-refractivity contribution < 1.29 is 18.7 Å². The Balaban J connectivity index is 1.38. The zero-order chi connectivity index (χ0) is 21.1. The smallest absolute Gasteiger partial charge is 0.226 e. The lowest BCUT2D eigenvalue weighted by Gasteiger charge is -2.36. The number of piperidine rings is 1. The number of halogens is 1. The van der Waals surface area contributed by atoms with Crippen molar-refractivity contribution in [3.8, 4) is 11.5 Å². The number of hydrogen-bond donors (Lipinski definition) is 0. The third-order valence-corrected chi connectivity index (χ3v) is 6.53. The van der Waals surface area contributed by atoms with Crippen molar-refractivity contribution in [1.29, 1.82) is 0 Å². The largest absolute Gasteiger partial charge is 0.493 e. The molecule has 160 valence electrons. The molecule has 3 atom stereocenters. The Hall–Kier alpha value is -2.56. The molecule has 0 unspecified atom stereocenters. The molecular weight excluding hydrogens is 381 g/mol. The second kappa shape index (κ2) is 9.07. The Bertz CT molecular complexity index is 882. The van der Waals surface area contributed by atoms with E-state index < -0.39 is 0 Å². The van der Waals surface area contributed by atoms with Crippen LogP contribution in [0.1, 0.15) is 49.1 Å². The number of amides is 1. The van der Waals surface area contributed by atoms with E-state index >= 15 is 0 Å². The Morgan fingerprint density at radius 2 is 1.83 bits per heavy atom. The summed E-state index contributed by atoms with van der Waals surface area (Å²) in [5.41, 5.74) is 2.27. The Morgan fingerprint density at radius 3 is 2.57 bits per heavy atom. The molecule has 0 spiro atoms. The second-order valence-electron chi connectivity index (χ2n) is 8.41. The van der Waals surface area contributed by atoms with Crippen LogP contribution in [-0.2, 0) is 11.2 Å². The highest BCUT2D eigenvalue weighted by molar-refractivity contribution is 5.83. The number of aryl methyl sites for hydroxylation is 1. The van der Waals surface area contributed by atoms with Gasteiger partial charge in [0.05, 0.1) is 14.2 Å². The second-order valence-corrected chi connectivity index (χ2v) is 8.41. The maximum atomic E-state index is 13.2. The number of carbonyl (C=O) groups excluding carboxylic acids is 1. The first kappa shape index (κ1) is 20.7. The lowest BCUT2D eigenvalue weighted by atomic mass is 9.95. The van der Waals surface area contributed by atoms with E-state index in [4.69, 9.17) is 9.47 Å². The van der Waals surface area contributed by atoms with E-state index in [1.165, 1.54) is 24.1 Å². The summed E-state index contributed by atoms with van der Waals surface area (Å²) < 4.78 is 23.9. The molecule has 0 bridgehead atoms. The van der Waals surface area contributed by atoms with Gasteiger partial charge in [0.1, 0.15) is 5.82 Å². The summed E-state index contributed by atoms with van der Waals surface area (Å²) in [7, 11) is 3.29. The molecule has 30 heavy (non-hydrogen) atoms. The minimum atomic E-state index is -0.228. The number of nitrogens with zero attached hydrogens (tertiary/aromatic N) is 1. The Kier molecular flexibility index (Phi) is 6.26. The predicted molar refractivity (Wildman–Crippen MR) is 114 cm³/mol. The summed E-state index contributed by atoms with van der Waals surface area (Å²) in [6.45, 7) is 0.849. The summed E-state index contributed by atoms with van der Waals surface area (Å²) in [5, 5.41) is 0. The van der Waals surface area contributed by atoms with Gasteiger partial charge in [-0.1, -0.05) is 18.2 Å². The number of likely N-dealkylation sites (tertiary alicyclic amines) is 1. The van der Waals surface area contributed by atoms with Crippen LogP contribution in [0.3, 0.4) is 0 Å². The molecule has 5 heteroatoms. The number of benzene rings is 2. The van der Waals surface area contributed by atoms with Gasteiger partial charge in [-0.3, -0.25) is 4.79 Å². The summed E-state index contributed by atoms with van der Waals surface area (Å²) in [5.74, 6) is 1.82. The fourth-order valence-corrected chi connectivity index (χ4v) is 4.72. The molecule has 1 saturated carbocycles. The molecule has 1 heterocycles. The molecule has 4 rings (SSSR count). The monoisotopic (exact) mass is 411 g/mol. The molecule has 2 aliphatic rings. The third-order valence-electron chi connectivity index (χ3n) is 6.53. The van der Waals surface area contributed by atoms with Crippen molar-refractivity contribution in [2.24, 2.45) is 5.92 Å². The zero-order valence-corrected chi connectivity index (χ0v) is 17.8. The molecule has 0 aromatic heterocycles. The van der Waals surface area contributed by atoms with Gasteiger partial charge in [-0.05, 0) is 79.8 Å². The molecule has 4 nitrogen and oxygen atoms in total. The standard InChI is InChI=1S/C25H30FNO3/c1-29-23-13-7-17(15-24(23)30-2)6-12-20-5-3-4-14-27(20)25(28)22-16-21(22)18-8-10-19(26)11-9-18/h7-11,13,15,20-22H,3-6,12,14,16H2,1-2H3/t20-,21-,22-/m0/s1. The molecule has 2 fully saturated rings. The van der Waals surface area contributed by atoms with Gasteiger partial charge in [0.25, 0.3) is 0 Å². The third kappa shape index (κ3) is 4.45. The van der Waals surface area contributed by atoms with E-state index in [-0.39, 0.29) is 29.6 Å². The van der Waals surface area contributed by atoms with Crippen LogP contribution >= 0.6 is 0 Å². The summed E-state index contributed by atoms with van der Waals surface area (Å²) >= 11 is 0. The first-order valence-corrected chi connectivity index (χ1v) is 10.9. The van der Waals surface area contributed by atoms with E-state index in [0.717, 1.165) is 55.7 Å². The highest BCUT2D eigenvalue weighted by atomic mass is 19.1. The van der Waals surface area contributed by atoms with Crippen LogP contribution < -0.4 is 9.47 Å². The maximum Gasteiger partial charge on any atom is 0.226 e. The van der Waals surface area contributed by atoms with E-state index in [2.05, 4.69) is 11.0 Å². The first-order chi connectivity index (χ1) is 14.6. The molecule has 0 radical (unpaired) electrons. The van der Waals surface area contributed by atoms with E-state index in [1.54, 1.807) is 14.2 Å². The van der Waals surface area contributed by atoms with Crippen LogP contribution in [0.4, 0.5) is 4.39 Å². The average molecular weight is 412 g/mol. The fraction of sp³-hybridized carbons (Fsp3) is 0.480. The number of ether oxygens (including phenoxy) is 2. The quantitative estimate of drug-likeness (QED) is 0.646. The topological polar surface area (TPSA) is 38.8 Å². The molecule has 1 saturated heterocycles. The summed E-state index contributed by atoms with van der Waals surface area (Å²) in [6.07, 6.45) is 6.05. The van der Waals surface area contributed by atoms with E-state index in [0.29, 0.717) is 0 Å². The summed E-state index contributed by atoms with van der Waals surface area (Å²) in [6, 6.07) is 12.9. The average Bonchev–Trinajstić information content (AvgIpc) is 3.58. The number of hydrogen-bond acceptors (Lipinski definition) is 3. The van der Waals surface area contributed by atoms with Crippen molar-refractivity contribution in [1.82, 2.24) is 4.90 Å². The van der Waals surface area contributed by atoms with Crippen LogP contribution in [0.2, 0.25) is 0 Å². The highest BCUT2D eigenvalue weighted by Gasteiger charge is 2.47. The van der Waals surface area contributed by atoms with Crippen LogP contribution in [0, 0.1) is 11.7 Å². The van der Waals surface area contributed by atoms with Gasteiger partial charge in [0.15, 0.2) is 11.5 Å². The molecular formula is C25H30FNO3. The van der Waals surface area contributed by atoms with Crippen LogP contribution in [-0.4, -0.2) is 37.6 Å². The van der Waals surface area contributed by atoms with Crippen molar-refractivity contribution >= 4 is 5.91 Å². The lowest BCUT2D eigenvalue weighted by molar-refractivity contribution is -0.136. The van der Waals surface area contributed by atoms with Gasteiger partial charge in [-0.15, -0.1) is 0 Å². The van der Waals surface area contributed by atoms with Crippen molar-refractivity contribution in [3.63, 3.8) is 0 Å². The normalized spacial score (nSPS) is 23.2. The van der Waals surface area contributed by atoms with Gasteiger partial charge >= 0.3 is 0 Å². The lowest BCUT2D eigenvalue weighted by Crippen LogP contribution is -2.44. The van der Waals surface area contributed by atoms with Gasteiger partial charge < -0.3 is 14.4 Å². The number of carbonyl (C=O) groups is 1. The maximum absolute atomic E-state index is 13.2. The van der Waals surface area contributed by atoms with Crippen LogP contribution in [0.5, 0.6) is 11.5 Å². The van der Waals surface area contributed by atoms with Gasteiger partial charge in [-0.2, -0.15) is 0 Å². The minimum Gasteiger partial charge on any atom is -0.493 e. The van der Waals surface area contributed by atoms with Crippen molar-refractivity contribution in [2.75, 3.05) is 20.8 Å². The molecule has 2 aromatic carbocycles. The number of methoxy groups -OCH3 is 2. The minimum absolute atomic E-state index is 0.0529. The Morgan fingerprint density at radius 1 is 1.07 bits per heavy atom. The molecule has 1 aliphatic heterocycles. The molecule has 2 aromatic rings. The van der Waals surface area contributed by atoms with Crippen molar-refractivity contribution in [3.05, 3.63) is 59.4 Å². The van der Waals surface area contributed by atoms with Crippen LogP contribution in [0.25, 0.3) is 0 Å². The molecule has 1 amide bonds. The van der Waals surface area contributed by atoms with Crippen molar-refractivity contribution in [2.45, 2.75) is 50.5 Å². The SMILES string of the molecule is COc1ccc(CC[C@@H]2CCCCN2C(=O)[C@H]2C[C@H]2c2ccc(F)cc2)cc1OC. The summed E-state index contributed by atoms with van der Waals surface area (Å²) in [4.78, 5) is 15.4. The molecule has 0 N–H and O–H groups in total. The van der Waals surface area contributed by atoms with Gasteiger partial charge in [-0.25, -0.2) is 4.39 Å². The highest BCUT2D eigenvalue weighted by Crippen LogP contribution is 2.49. The zero-order valence-electron chi connectivity index (χ0n) is 17.8. The first-order valence-electron chi connectivity index (χ1n) is 10.9. The Labute approximate surface area is 178 Å².